The maximum absolute atomic E-state index is 12.7. The summed E-state index contributed by atoms with van der Waals surface area (Å²) in [5.41, 5.74) is 2.10. The molecule has 1 amide bonds. The molecule has 29 heavy (non-hydrogen) atoms. The highest BCUT2D eigenvalue weighted by atomic mass is 32.2. The van der Waals surface area contributed by atoms with Crippen LogP contribution in [0, 0.1) is 12.3 Å². The molecule has 9 heteroatoms. The summed E-state index contributed by atoms with van der Waals surface area (Å²) in [6.45, 7) is 0.188. The molecule has 144 valence electrons. The molecule has 0 saturated heterocycles. The van der Waals surface area contributed by atoms with Crippen molar-refractivity contribution in [3.05, 3.63) is 59.2 Å². The van der Waals surface area contributed by atoms with E-state index in [-0.39, 0.29) is 17.1 Å². The zero-order valence-corrected chi connectivity index (χ0v) is 16.9. The Morgan fingerprint density at radius 3 is 2.72 bits per heavy atom. The van der Waals surface area contributed by atoms with Crippen molar-refractivity contribution < 1.29 is 13.2 Å². The van der Waals surface area contributed by atoms with Crippen molar-refractivity contribution in [3.8, 4) is 12.3 Å². The number of para-hydroxylation sites is 2. The van der Waals surface area contributed by atoms with Crippen LogP contribution >= 0.6 is 11.3 Å². The van der Waals surface area contributed by atoms with Crippen molar-refractivity contribution in [2.45, 2.75) is 11.4 Å². The largest absolute Gasteiger partial charge is 0.305 e. The van der Waals surface area contributed by atoms with E-state index < -0.39 is 15.7 Å². The van der Waals surface area contributed by atoms with Gasteiger partial charge in [0, 0.05) is 6.26 Å². The van der Waals surface area contributed by atoms with E-state index in [4.69, 9.17) is 6.42 Å². The first-order valence-corrected chi connectivity index (χ1v) is 11.2. The first-order valence-electron chi connectivity index (χ1n) is 8.44. The van der Waals surface area contributed by atoms with Crippen LogP contribution < -0.4 is 4.80 Å². The van der Waals surface area contributed by atoms with Crippen LogP contribution in [0.2, 0.25) is 0 Å². The van der Waals surface area contributed by atoms with Gasteiger partial charge in [-0.2, -0.15) is 4.99 Å². The number of hydrogen-bond donors (Lipinski definition) is 0. The number of carbonyl (C=O) groups is 1. The lowest BCUT2D eigenvalue weighted by Crippen LogP contribution is -2.17. The Labute approximate surface area is 170 Å². The van der Waals surface area contributed by atoms with E-state index in [1.54, 1.807) is 28.8 Å². The van der Waals surface area contributed by atoms with Gasteiger partial charge in [-0.1, -0.05) is 29.4 Å². The summed E-state index contributed by atoms with van der Waals surface area (Å²) in [5.74, 6) is 1.98. The molecule has 0 N–H and O–H groups in total. The normalized spacial score (nSPS) is 12.3. The van der Waals surface area contributed by atoms with Gasteiger partial charge in [-0.05, 0) is 30.3 Å². The number of hydrogen-bond acceptors (Lipinski definition) is 6. The minimum Gasteiger partial charge on any atom is -0.305 e. The lowest BCUT2D eigenvalue weighted by Gasteiger charge is -2.01. The van der Waals surface area contributed by atoms with Crippen LogP contribution in [-0.4, -0.2) is 35.1 Å². The van der Waals surface area contributed by atoms with Crippen LogP contribution in [-0.2, 0) is 16.4 Å². The van der Waals surface area contributed by atoms with E-state index in [9.17, 15) is 13.2 Å². The van der Waals surface area contributed by atoms with Gasteiger partial charge in [-0.3, -0.25) is 9.78 Å². The average Bonchev–Trinajstić information content (AvgIpc) is 3.03. The topological polar surface area (TPSA) is 94.3 Å². The molecule has 2 aromatic carbocycles. The van der Waals surface area contributed by atoms with Crippen molar-refractivity contribution in [2.75, 3.05) is 6.26 Å². The summed E-state index contributed by atoms with van der Waals surface area (Å²) in [6.07, 6.45) is 8.00. The second kappa shape index (κ2) is 7.24. The molecule has 0 aliphatic rings. The number of aromatic nitrogens is 3. The molecule has 7 nitrogen and oxygen atoms in total. The Bertz CT molecular complexity index is 1490. The van der Waals surface area contributed by atoms with E-state index in [0.29, 0.717) is 26.1 Å². The number of terminal acetylenes is 1. The molecule has 0 saturated carbocycles. The lowest BCUT2D eigenvalue weighted by molar-refractivity contribution is 0.0993. The maximum atomic E-state index is 12.7. The third-order valence-corrected chi connectivity index (χ3v) is 6.35. The Hall–Kier alpha value is -3.35. The number of benzene rings is 2. The predicted octanol–water partition coefficient (Wildman–Crippen LogP) is 2.42. The van der Waals surface area contributed by atoms with E-state index in [2.05, 4.69) is 20.9 Å². The third-order valence-electron chi connectivity index (χ3n) is 4.20. The maximum Gasteiger partial charge on any atom is 0.299 e. The Morgan fingerprint density at radius 1 is 1.24 bits per heavy atom. The monoisotopic (exact) mass is 422 g/mol. The molecular formula is C20H14N4O3S2. The highest BCUT2D eigenvalue weighted by molar-refractivity contribution is 7.90. The van der Waals surface area contributed by atoms with Crippen molar-refractivity contribution in [2.24, 2.45) is 4.99 Å². The number of amides is 1. The standard InChI is InChI=1S/C20H14N4O3S2/c1-3-10-24-17-9-8-13(29(2,26)27)11-18(17)28-20(24)23-19(25)16-12-21-14-6-4-5-7-15(14)22-16/h1,4-9,11-12H,10H2,2H3. The summed E-state index contributed by atoms with van der Waals surface area (Å²) >= 11 is 1.19. The van der Waals surface area contributed by atoms with Crippen LogP contribution in [0.25, 0.3) is 21.3 Å². The van der Waals surface area contributed by atoms with Gasteiger partial charge in [0.05, 0.1) is 38.9 Å². The number of nitrogens with zero attached hydrogens (tertiary/aromatic N) is 4. The van der Waals surface area contributed by atoms with Gasteiger partial charge >= 0.3 is 0 Å². The zero-order valence-electron chi connectivity index (χ0n) is 15.2. The number of thiazole rings is 1. The van der Waals surface area contributed by atoms with E-state index >= 15 is 0 Å². The number of sulfone groups is 1. The minimum atomic E-state index is -3.36. The van der Waals surface area contributed by atoms with Crippen molar-refractivity contribution in [3.63, 3.8) is 0 Å². The average molecular weight is 422 g/mol. The predicted molar refractivity (Wildman–Crippen MR) is 111 cm³/mol. The SMILES string of the molecule is C#CCn1c(=NC(=O)c2cnc3ccccc3n2)sc2cc(S(C)(=O)=O)ccc21. The van der Waals surface area contributed by atoms with Crippen LogP contribution in [0.15, 0.2) is 58.5 Å². The summed E-state index contributed by atoms with van der Waals surface area (Å²) in [4.78, 5) is 26.0. The molecule has 0 radical (unpaired) electrons. The fourth-order valence-corrected chi connectivity index (χ4v) is 4.61. The van der Waals surface area contributed by atoms with Crippen molar-refractivity contribution >= 4 is 48.3 Å². The second-order valence-corrected chi connectivity index (χ2v) is 9.26. The van der Waals surface area contributed by atoms with Gasteiger partial charge in [-0.25, -0.2) is 13.4 Å². The molecule has 0 unspecified atom stereocenters. The zero-order chi connectivity index (χ0) is 20.6. The molecular weight excluding hydrogens is 408 g/mol. The smallest absolute Gasteiger partial charge is 0.299 e. The van der Waals surface area contributed by atoms with Gasteiger partial charge in [0.2, 0.25) is 0 Å². The van der Waals surface area contributed by atoms with E-state index in [1.807, 2.05) is 12.1 Å². The first-order chi connectivity index (χ1) is 13.9. The Morgan fingerprint density at radius 2 is 2.00 bits per heavy atom. The lowest BCUT2D eigenvalue weighted by atomic mass is 10.3. The minimum absolute atomic E-state index is 0.116. The fraction of sp³-hybridized carbons (Fsp3) is 0.100. The summed E-state index contributed by atoms with van der Waals surface area (Å²) < 4.78 is 26.0. The molecule has 4 aromatic rings. The summed E-state index contributed by atoms with van der Waals surface area (Å²) in [6, 6.07) is 12.0. The quantitative estimate of drug-likeness (QED) is 0.473. The van der Waals surface area contributed by atoms with E-state index in [1.165, 1.54) is 23.6 Å². The molecule has 2 heterocycles. The molecule has 0 aliphatic carbocycles. The molecule has 0 aliphatic heterocycles. The number of fused-ring (bicyclic) bond motifs is 2. The van der Waals surface area contributed by atoms with Gasteiger partial charge in [0.15, 0.2) is 14.6 Å². The van der Waals surface area contributed by atoms with Crippen LogP contribution in [0.1, 0.15) is 10.5 Å². The van der Waals surface area contributed by atoms with Gasteiger partial charge in [0.1, 0.15) is 5.69 Å². The van der Waals surface area contributed by atoms with Crippen LogP contribution in [0.3, 0.4) is 0 Å². The van der Waals surface area contributed by atoms with Gasteiger partial charge < -0.3 is 4.57 Å². The third kappa shape index (κ3) is 3.68. The number of rotatable bonds is 3. The Balaban J connectivity index is 1.86. The van der Waals surface area contributed by atoms with Crippen LogP contribution in [0.4, 0.5) is 0 Å². The van der Waals surface area contributed by atoms with Crippen molar-refractivity contribution in [1.29, 1.82) is 0 Å². The molecule has 0 atom stereocenters. The number of carbonyl (C=O) groups excluding carboxylic acids is 1. The second-order valence-electron chi connectivity index (χ2n) is 6.24. The highest BCUT2D eigenvalue weighted by Crippen LogP contribution is 2.22. The molecule has 2 aromatic heterocycles. The van der Waals surface area contributed by atoms with Gasteiger partial charge in [0.25, 0.3) is 5.91 Å². The highest BCUT2D eigenvalue weighted by Gasteiger charge is 2.14. The Kier molecular flexibility index (Phi) is 4.74. The van der Waals surface area contributed by atoms with Crippen LogP contribution in [0.5, 0.6) is 0 Å². The molecule has 0 fully saturated rings. The summed E-state index contributed by atoms with van der Waals surface area (Å²) in [5, 5.41) is 0. The fourth-order valence-electron chi connectivity index (χ4n) is 2.82. The first kappa shape index (κ1) is 19.0. The summed E-state index contributed by atoms with van der Waals surface area (Å²) in [7, 11) is -3.36. The van der Waals surface area contributed by atoms with E-state index in [0.717, 1.165) is 6.26 Å². The van der Waals surface area contributed by atoms with Crippen molar-refractivity contribution in [1.82, 2.24) is 14.5 Å². The van der Waals surface area contributed by atoms with Gasteiger partial charge in [-0.15, -0.1) is 6.42 Å². The molecule has 0 spiro atoms. The molecule has 4 rings (SSSR count). The molecule has 0 bridgehead atoms.